The van der Waals surface area contributed by atoms with Crippen LogP contribution in [0.4, 0.5) is 15.3 Å². The largest absolute Gasteiger partial charge is 0.438 e. The number of rotatable bonds is 5. The molecule has 45 heavy (non-hydrogen) atoms. The molecule has 11 nitrogen and oxygen atoms in total. The molecule has 5 heterocycles. The molecule has 1 atom stereocenters. The minimum Gasteiger partial charge on any atom is -0.438 e. The average Bonchev–Trinajstić information content (AvgIpc) is 3.54. The fourth-order valence-corrected chi connectivity index (χ4v) is 7.86. The molecule has 3 aromatic rings. The highest BCUT2D eigenvalue weighted by molar-refractivity contribution is 5.90. The summed E-state index contributed by atoms with van der Waals surface area (Å²) < 4.78 is 5.86. The fourth-order valence-electron chi connectivity index (χ4n) is 7.86. The summed E-state index contributed by atoms with van der Waals surface area (Å²) in [5.74, 6) is -0.0277. The van der Waals surface area contributed by atoms with Crippen LogP contribution in [0.3, 0.4) is 0 Å². The summed E-state index contributed by atoms with van der Waals surface area (Å²) in [5.41, 5.74) is 3.95. The molecule has 4 amide bonds. The standard InChI is InChI=1S/C34H43N7O4/c1-23-19-24(20-25-22-35-38-30(23)25)21-29(31(42)40-15-9-26(10-16-40)39-13-5-2-6-14-39)36-32(43)41-17-11-34(12-18-41)27-7-3-4-8-28(27)37-33(44)45-34/h3-4,7-8,19-20,22,26,29H,2,5-6,9-18,21H2,1H3,(H,35,38)(H,36,43)(H,37,44). The third-order valence-electron chi connectivity index (χ3n) is 10.3. The molecule has 238 valence electrons. The monoisotopic (exact) mass is 613 g/mol. The zero-order valence-electron chi connectivity index (χ0n) is 26.0. The SMILES string of the molecule is Cc1cc(CC(NC(=O)N2CCC3(CC2)OC(=O)Nc2ccccc23)C(=O)N2CCC(N3CCCCC3)CC2)cc2cn[nH]c12. The van der Waals surface area contributed by atoms with Gasteiger partial charge in [0.2, 0.25) is 5.91 Å². The molecule has 3 fully saturated rings. The van der Waals surface area contributed by atoms with E-state index in [0.717, 1.165) is 59.2 Å². The van der Waals surface area contributed by atoms with Gasteiger partial charge in [0, 0.05) is 62.4 Å². The summed E-state index contributed by atoms with van der Waals surface area (Å²) in [6.45, 7) is 6.58. The predicted molar refractivity (Wildman–Crippen MR) is 171 cm³/mol. The number of aryl methyl sites for hydroxylation is 1. The van der Waals surface area contributed by atoms with Gasteiger partial charge in [-0.25, -0.2) is 9.59 Å². The smallest absolute Gasteiger partial charge is 0.412 e. The highest BCUT2D eigenvalue weighted by Crippen LogP contribution is 2.43. The number of ether oxygens (including phenoxy) is 1. The Morgan fingerprint density at radius 2 is 1.78 bits per heavy atom. The Hall–Kier alpha value is -4.12. The van der Waals surface area contributed by atoms with Crippen LogP contribution >= 0.6 is 0 Å². The number of hydrogen-bond acceptors (Lipinski definition) is 6. The number of hydrogen-bond donors (Lipinski definition) is 3. The summed E-state index contributed by atoms with van der Waals surface area (Å²) >= 11 is 0. The maximum absolute atomic E-state index is 14.1. The van der Waals surface area contributed by atoms with Crippen molar-refractivity contribution in [3.63, 3.8) is 0 Å². The molecule has 4 aliphatic rings. The number of nitrogens with zero attached hydrogens (tertiary/aromatic N) is 4. The van der Waals surface area contributed by atoms with Crippen molar-refractivity contribution in [1.82, 2.24) is 30.2 Å². The molecule has 3 saturated heterocycles. The third kappa shape index (κ3) is 5.97. The van der Waals surface area contributed by atoms with Gasteiger partial charge in [0.1, 0.15) is 11.6 Å². The molecule has 0 aliphatic carbocycles. The number of fused-ring (bicyclic) bond motifs is 3. The molecule has 3 N–H and O–H groups in total. The van der Waals surface area contributed by atoms with Crippen molar-refractivity contribution in [2.45, 2.75) is 76.0 Å². The molecule has 2 aromatic carbocycles. The molecule has 11 heteroatoms. The predicted octanol–water partition coefficient (Wildman–Crippen LogP) is 4.52. The van der Waals surface area contributed by atoms with Crippen LogP contribution in [-0.4, -0.2) is 94.3 Å². The van der Waals surface area contributed by atoms with Crippen LogP contribution in [0, 0.1) is 6.92 Å². The lowest BCUT2D eigenvalue weighted by Gasteiger charge is -2.44. The van der Waals surface area contributed by atoms with Crippen LogP contribution in [0.15, 0.2) is 42.6 Å². The summed E-state index contributed by atoms with van der Waals surface area (Å²) in [6, 6.07) is 11.4. The number of para-hydroxylation sites is 1. The van der Waals surface area contributed by atoms with Crippen molar-refractivity contribution in [1.29, 1.82) is 0 Å². The zero-order valence-corrected chi connectivity index (χ0v) is 26.0. The van der Waals surface area contributed by atoms with Crippen LogP contribution in [-0.2, 0) is 21.6 Å². The van der Waals surface area contributed by atoms with Crippen molar-refractivity contribution in [3.05, 3.63) is 59.3 Å². The highest BCUT2D eigenvalue weighted by atomic mass is 16.6. The van der Waals surface area contributed by atoms with Crippen LogP contribution in [0.1, 0.15) is 61.6 Å². The van der Waals surface area contributed by atoms with E-state index < -0.39 is 17.7 Å². The second-order valence-corrected chi connectivity index (χ2v) is 13.1. The number of likely N-dealkylation sites (tertiary alicyclic amines) is 3. The number of H-pyrrole nitrogens is 1. The van der Waals surface area contributed by atoms with Gasteiger partial charge in [0.05, 0.1) is 17.4 Å². The number of aromatic amines is 1. The first-order valence-corrected chi connectivity index (χ1v) is 16.5. The number of carbonyl (C=O) groups excluding carboxylic acids is 3. The molecule has 7 rings (SSSR count). The minimum absolute atomic E-state index is 0.0277. The first-order valence-electron chi connectivity index (χ1n) is 16.5. The van der Waals surface area contributed by atoms with Gasteiger partial charge >= 0.3 is 12.1 Å². The molecule has 0 bridgehead atoms. The number of piperidine rings is 3. The average molecular weight is 614 g/mol. The van der Waals surface area contributed by atoms with Crippen molar-refractivity contribution in [2.24, 2.45) is 0 Å². The number of amides is 4. The van der Waals surface area contributed by atoms with E-state index in [0.29, 0.717) is 51.5 Å². The second kappa shape index (κ2) is 12.3. The summed E-state index contributed by atoms with van der Waals surface area (Å²) in [5, 5.41) is 14.1. The van der Waals surface area contributed by atoms with Crippen molar-refractivity contribution < 1.29 is 19.1 Å². The Kier molecular flexibility index (Phi) is 8.12. The van der Waals surface area contributed by atoms with Gasteiger partial charge in [-0.05, 0) is 69.0 Å². The molecular weight excluding hydrogens is 570 g/mol. The Morgan fingerprint density at radius 3 is 2.56 bits per heavy atom. The van der Waals surface area contributed by atoms with E-state index in [-0.39, 0.29) is 11.9 Å². The van der Waals surface area contributed by atoms with Crippen LogP contribution in [0.5, 0.6) is 0 Å². The third-order valence-corrected chi connectivity index (χ3v) is 10.3. The fraction of sp³-hybridized carbons (Fsp3) is 0.529. The number of carbonyl (C=O) groups is 3. The molecule has 1 unspecified atom stereocenters. The van der Waals surface area contributed by atoms with Gasteiger partial charge in [-0.2, -0.15) is 5.10 Å². The normalized spacial score (nSPS) is 21.2. The van der Waals surface area contributed by atoms with E-state index in [2.05, 4.69) is 37.9 Å². The lowest BCUT2D eigenvalue weighted by atomic mass is 9.82. The first-order chi connectivity index (χ1) is 21.9. The first kappa shape index (κ1) is 29.6. The lowest BCUT2D eigenvalue weighted by molar-refractivity contribution is -0.135. The molecule has 0 radical (unpaired) electrons. The summed E-state index contributed by atoms with van der Waals surface area (Å²) in [6.07, 6.45) is 8.47. The maximum Gasteiger partial charge on any atom is 0.412 e. The van der Waals surface area contributed by atoms with E-state index in [1.54, 1.807) is 11.1 Å². The van der Waals surface area contributed by atoms with E-state index in [1.807, 2.05) is 36.1 Å². The quantitative estimate of drug-likeness (QED) is 0.389. The lowest BCUT2D eigenvalue weighted by Crippen LogP contribution is -2.57. The minimum atomic E-state index is -0.763. The molecular formula is C34H43N7O4. The second-order valence-electron chi connectivity index (χ2n) is 13.1. The highest BCUT2D eigenvalue weighted by Gasteiger charge is 2.45. The topological polar surface area (TPSA) is 123 Å². The van der Waals surface area contributed by atoms with E-state index in [9.17, 15) is 14.4 Å². The van der Waals surface area contributed by atoms with Gasteiger partial charge < -0.3 is 24.8 Å². The number of anilines is 1. The van der Waals surface area contributed by atoms with Gasteiger partial charge in [-0.1, -0.05) is 30.7 Å². The Labute approximate surface area is 263 Å². The Morgan fingerprint density at radius 1 is 1.02 bits per heavy atom. The van der Waals surface area contributed by atoms with Crippen LogP contribution in [0.2, 0.25) is 0 Å². The Balaban J connectivity index is 1.05. The van der Waals surface area contributed by atoms with Crippen LogP contribution in [0.25, 0.3) is 10.9 Å². The maximum atomic E-state index is 14.1. The Bertz CT molecular complexity index is 1570. The van der Waals surface area contributed by atoms with E-state index in [4.69, 9.17) is 4.74 Å². The van der Waals surface area contributed by atoms with Gasteiger partial charge in [-0.3, -0.25) is 15.2 Å². The summed E-state index contributed by atoms with van der Waals surface area (Å²) in [7, 11) is 0. The zero-order chi connectivity index (χ0) is 31.0. The molecule has 0 saturated carbocycles. The molecule has 1 aromatic heterocycles. The molecule has 1 spiro atoms. The van der Waals surface area contributed by atoms with Crippen molar-refractivity contribution in [3.8, 4) is 0 Å². The number of urea groups is 1. The number of benzene rings is 2. The summed E-state index contributed by atoms with van der Waals surface area (Å²) in [4.78, 5) is 46.6. The van der Waals surface area contributed by atoms with E-state index in [1.165, 1.54) is 19.3 Å². The number of nitrogens with one attached hydrogen (secondary N) is 3. The van der Waals surface area contributed by atoms with Crippen molar-refractivity contribution >= 4 is 34.6 Å². The van der Waals surface area contributed by atoms with Gasteiger partial charge in [-0.15, -0.1) is 0 Å². The van der Waals surface area contributed by atoms with Crippen molar-refractivity contribution in [2.75, 3.05) is 44.6 Å². The van der Waals surface area contributed by atoms with E-state index >= 15 is 0 Å². The van der Waals surface area contributed by atoms with Gasteiger partial charge in [0.25, 0.3) is 0 Å². The van der Waals surface area contributed by atoms with Gasteiger partial charge in [0.15, 0.2) is 0 Å². The molecule has 4 aliphatic heterocycles. The van der Waals surface area contributed by atoms with Crippen LogP contribution < -0.4 is 10.6 Å². The number of aromatic nitrogens is 2.